The molecule has 1 aromatic heterocycles. The lowest BCUT2D eigenvalue weighted by Gasteiger charge is -2.20. The third-order valence-corrected chi connectivity index (χ3v) is 4.20. The summed E-state index contributed by atoms with van der Waals surface area (Å²) in [5, 5.41) is 0. The van der Waals surface area contributed by atoms with Crippen LogP contribution in [-0.4, -0.2) is 35.6 Å². The summed E-state index contributed by atoms with van der Waals surface area (Å²) in [5.41, 5.74) is 1.68. The minimum Gasteiger partial charge on any atom is -0.493 e. The van der Waals surface area contributed by atoms with E-state index in [0.717, 1.165) is 18.4 Å². The van der Waals surface area contributed by atoms with Crippen molar-refractivity contribution in [2.75, 3.05) is 7.11 Å². The van der Waals surface area contributed by atoms with E-state index in [1.165, 1.54) is 19.3 Å². The van der Waals surface area contributed by atoms with Crippen molar-refractivity contribution in [3.8, 4) is 11.5 Å². The minimum absolute atomic E-state index is 0.0479. The molecule has 0 bridgehead atoms. The molecule has 0 unspecified atom stereocenters. The molecule has 0 atom stereocenters. The van der Waals surface area contributed by atoms with Gasteiger partial charge in [0.1, 0.15) is 0 Å². The first kappa shape index (κ1) is 18.8. The predicted octanol–water partition coefficient (Wildman–Crippen LogP) is 3.90. The van der Waals surface area contributed by atoms with Crippen LogP contribution in [0.25, 0.3) is 6.08 Å². The molecular weight excluding hydrogens is 354 g/mol. The zero-order chi connectivity index (χ0) is 19.2. The number of pyridine rings is 1. The molecule has 2 aromatic rings. The lowest BCUT2D eigenvalue weighted by atomic mass is 10.1. The average molecular weight is 374 g/mol. The minimum atomic E-state index is -2.93. The van der Waals surface area contributed by atoms with Gasteiger partial charge in [-0.3, -0.25) is 9.78 Å². The molecule has 1 aliphatic rings. The van der Waals surface area contributed by atoms with E-state index in [0.29, 0.717) is 12.1 Å². The Labute approximate surface area is 156 Å². The summed E-state index contributed by atoms with van der Waals surface area (Å²) in [6, 6.07) is 8.56. The van der Waals surface area contributed by atoms with E-state index in [1.807, 2.05) is 17.0 Å². The number of carbonyl (C=O) groups excluding carboxylic acids is 1. The molecule has 1 aromatic carbocycles. The number of hydrogen-bond donors (Lipinski definition) is 0. The number of hydrogen-bond acceptors (Lipinski definition) is 4. The maximum atomic E-state index is 12.6. The zero-order valence-corrected chi connectivity index (χ0v) is 14.8. The summed E-state index contributed by atoms with van der Waals surface area (Å²) in [6.45, 7) is -2.40. The fourth-order valence-corrected chi connectivity index (χ4v) is 2.70. The lowest BCUT2D eigenvalue weighted by molar-refractivity contribution is -0.127. The highest BCUT2D eigenvalue weighted by Crippen LogP contribution is 2.31. The Balaban J connectivity index is 1.71. The van der Waals surface area contributed by atoms with Gasteiger partial charge in [0.2, 0.25) is 5.91 Å². The Morgan fingerprint density at radius 1 is 1.26 bits per heavy atom. The Bertz CT molecular complexity index is 808. The number of carbonyl (C=O) groups is 1. The molecule has 1 saturated carbocycles. The van der Waals surface area contributed by atoms with Crippen LogP contribution in [0.1, 0.15) is 24.0 Å². The van der Waals surface area contributed by atoms with Gasteiger partial charge in [0.25, 0.3) is 0 Å². The molecule has 142 valence electrons. The van der Waals surface area contributed by atoms with Gasteiger partial charge in [-0.15, -0.1) is 0 Å². The first-order valence-electron chi connectivity index (χ1n) is 8.57. The van der Waals surface area contributed by atoms with E-state index in [9.17, 15) is 13.6 Å². The van der Waals surface area contributed by atoms with Crippen LogP contribution in [0.15, 0.2) is 48.8 Å². The molecule has 1 heterocycles. The van der Waals surface area contributed by atoms with Gasteiger partial charge in [-0.05, 0) is 54.3 Å². The Morgan fingerprint density at radius 2 is 2.00 bits per heavy atom. The quantitative estimate of drug-likeness (QED) is 0.658. The summed E-state index contributed by atoms with van der Waals surface area (Å²) in [6.07, 6.45) is 8.53. The third-order valence-electron chi connectivity index (χ3n) is 4.20. The van der Waals surface area contributed by atoms with E-state index in [4.69, 9.17) is 4.74 Å². The monoisotopic (exact) mass is 374 g/mol. The number of nitrogens with zero attached hydrogens (tertiary/aromatic N) is 2. The second-order valence-electron chi connectivity index (χ2n) is 6.17. The van der Waals surface area contributed by atoms with Crippen molar-refractivity contribution in [2.24, 2.45) is 0 Å². The van der Waals surface area contributed by atoms with Crippen LogP contribution >= 0.6 is 0 Å². The topological polar surface area (TPSA) is 51.7 Å². The number of benzene rings is 1. The van der Waals surface area contributed by atoms with Gasteiger partial charge < -0.3 is 14.4 Å². The predicted molar refractivity (Wildman–Crippen MR) is 96.5 cm³/mol. The van der Waals surface area contributed by atoms with Gasteiger partial charge in [0.05, 0.1) is 7.11 Å². The molecule has 3 rings (SSSR count). The second kappa shape index (κ2) is 8.62. The molecule has 27 heavy (non-hydrogen) atoms. The molecule has 5 nitrogen and oxygen atoms in total. The van der Waals surface area contributed by atoms with E-state index in [-0.39, 0.29) is 23.4 Å². The number of methoxy groups -OCH3 is 1. The summed E-state index contributed by atoms with van der Waals surface area (Å²) in [5.74, 6) is 0.0372. The van der Waals surface area contributed by atoms with Crippen molar-refractivity contribution in [2.45, 2.75) is 32.0 Å². The van der Waals surface area contributed by atoms with Crippen LogP contribution in [-0.2, 0) is 11.3 Å². The third kappa shape index (κ3) is 5.26. The smallest absolute Gasteiger partial charge is 0.387 e. The SMILES string of the molecule is COc1cc(/C=C/C(=O)N(Cc2ccncc2)C2CC2)ccc1OC(F)F. The maximum Gasteiger partial charge on any atom is 0.387 e. The second-order valence-corrected chi connectivity index (χ2v) is 6.17. The van der Waals surface area contributed by atoms with Crippen molar-refractivity contribution in [3.63, 3.8) is 0 Å². The lowest BCUT2D eigenvalue weighted by Crippen LogP contribution is -2.31. The van der Waals surface area contributed by atoms with Gasteiger partial charge >= 0.3 is 6.61 Å². The molecule has 0 saturated heterocycles. The van der Waals surface area contributed by atoms with E-state index in [2.05, 4.69) is 9.72 Å². The van der Waals surface area contributed by atoms with Gasteiger partial charge in [-0.1, -0.05) is 6.07 Å². The van der Waals surface area contributed by atoms with Crippen LogP contribution < -0.4 is 9.47 Å². The summed E-state index contributed by atoms with van der Waals surface area (Å²) in [4.78, 5) is 18.5. The van der Waals surface area contributed by atoms with Crippen molar-refractivity contribution in [1.82, 2.24) is 9.88 Å². The van der Waals surface area contributed by atoms with Gasteiger partial charge in [0.15, 0.2) is 11.5 Å². The number of halogens is 2. The number of aromatic nitrogens is 1. The van der Waals surface area contributed by atoms with Crippen LogP contribution in [0.4, 0.5) is 8.78 Å². The number of rotatable bonds is 8. The molecular formula is C20H20F2N2O3. The average Bonchev–Trinajstić information content (AvgIpc) is 3.50. The van der Waals surface area contributed by atoms with Crippen LogP contribution in [0.3, 0.4) is 0 Å². The van der Waals surface area contributed by atoms with E-state index >= 15 is 0 Å². The van der Waals surface area contributed by atoms with E-state index < -0.39 is 6.61 Å². The van der Waals surface area contributed by atoms with Crippen molar-refractivity contribution in [3.05, 3.63) is 59.9 Å². The normalized spacial score (nSPS) is 13.8. The highest BCUT2D eigenvalue weighted by molar-refractivity contribution is 5.92. The molecule has 0 aliphatic heterocycles. The van der Waals surface area contributed by atoms with Crippen molar-refractivity contribution in [1.29, 1.82) is 0 Å². The fourth-order valence-electron chi connectivity index (χ4n) is 2.70. The summed E-state index contributed by atoms with van der Waals surface area (Å²) in [7, 11) is 1.37. The summed E-state index contributed by atoms with van der Waals surface area (Å²) >= 11 is 0. The number of amides is 1. The van der Waals surface area contributed by atoms with Crippen LogP contribution in [0.2, 0.25) is 0 Å². The molecule has 1 amide bonds. The highest BCUT2D eigenvalue weighted by atomic mass is 19.3. The Morgan fingerprint density at radius 3 is 2.63 bits per heavy atom. The molecule has 0 radical (unpaired) electrons. The van der Waals surface area contributed by atoms with Gasteiger partial charge in [0, 0.05) is 31.1 Å². The number of alkyl halides is 2. The molecule has 1 aliphatic carbocycles. The van der Waals surface area contributed by atoms with Crippen molar-refractivity contribution < 1.29 is 23.0 Å². The van der Waals surface area contributed by atoms with Crippen LogP contribution in [0, 0.1) is 0 Å². The molecule has 1 fully saturated rings. The van der Waals surface area contributed by atoms with Gasteiger partial charge in [-0.2, -0.15) is 8.78 Å². The first-order valence-corrected chi connectivity index (χ1v) is 8.57. The Hall–Kier alpha value is -2.96. The molecule has 0 N–H and O–H groups in total. The largest absolute Gasteiger partial charge is 0.493 e. The van der Waals surface area contributed by atoms with Crippen molar-refractivity contribution >= 4 is 12.0 Å². The zero-order valence-electron chi connectivity index (χ0n) is 14.8. The standard InChI is InChI=1S/C20H20F2N2O3/c1-26-18-12-14(2-6-17(18)27-20(21)22)3-7-19(25)24(16-4-5-16)13-15-8-10-23-11-9-15/h2-3,6-12,16,20H,4-5,13H2,1H3/b7-3+. The maximum absolute atomic E-state index is 12.6. The number of ether oxygens (including phenoxy) is 2. The van der Waals surface area contributed by atoms with Crippen LogP contribution in [0.5, 0.6) is 11.5 Å². The first-order chi connectivity index (χ1) is 13.1. The fraction of sp³-hybridized carbons (Fsp3) is 0.300. The van der Waals surface area contributed by atoms with E-state index in [1.54, 1.807) is 30.6 Å². The summed E-state index contributed by atoms with van der Waals surface area (Å²) < 4.78 is 34.3. The Kier molecular flexibility index (Phi) is 6.01. The molecule has 7 heteroatoms. The molecule has 0 spiro atoms. The highest BCUT2D eigenvalue weighted by Gasteiger charge is 2.31. The van der Waals surface area contributed by atoms with Gasteiger partial charge in [-0.25, -0.2) is 0 Å².